The molecule has 4 aromatic rings. The van der Waals surface area contributed by atoms with Crippen LogP contribution in [0.1, 0.15) is 11.5 Å². The molecule has 0 aliphatic heterocycles. The Bertz CT molecular complexity index is 1070. The lowest BCUT2D eigenvalue weighted by atomic mass is 10.2. The Labute approximate surface area is 149 Å². The van der Waals surface area contributed by atoms with E-state index in [1.54, 1.807) is 30.3 Å². The first-order chi connectivity index (χ1) is 12.2. The van der Waals surface area contributed by atoms with Crippen LogP contribution < -0.4 is 5.43 Å². The maximum atomic E-state index is 12.6. The van der Waals surface area contributed by atoms with Gasteiger partial charge >= 0.3 is 0 Å². The largest absolute Gasteiger partial charge is 0.468 e. The zero-order valence-corrected chi connectivity index (χ0v) is 14.5. The van der Waals surface area contributed by atoms with Gasteiger partial charge in [0, 0.05) is 23.6 Å². The fourth-order valence-electron chi connectivity index (χ4n) is 2.78. The first-order valence-corrected chi connectivity index (χ1v) is 8.94. The highest BCUT2D eigenvalue weighted by Crippen LogP contribution is 2.28. The van der Waals surface area contributed by atoms with E-state index in [0.717, 1.165) is 27.7 Å². The van der Waals surface area contributed by atoms with Crippen molar-refractivity contribution in [1.29, 1.82) is 0 Å². The summed E-state index contributed by atoms with van der Waals surface area (Å²) in [6.45, 7) is 1.93. The van der Waals surface area contributed by atoms with Crippen LogP contribution in [0.15, 0.2) is 81.3 Å². The standard InChI is InChI=1S/C20H16N2O2S/c1-14-10-18-17(12-21-14)19(23)11-20(25-13-16-8-5-9-24-16)22(18)15-6-3-2-4-7-15/h2-12H,13H2,1H3. The molecular formula is C20H16N2O2S. The lowest BCUT2D eigenvalue weighted by molar-refractivity contribution is 0.530. The van der Waals surface area contributed by atoms with E-state index >= 15 is 0 Å². The van der Waals surface area contributed by atoms with E-state index in [9.17, 15) is 4.79 Å². The van der Waals surface area contributed by atoms with Crippen molar-refractivity contribution in [2.75, 3.05) is 0 Å². The summed E-state index contributed by atoms with van der Waals surface area (Å²) in [5, 5.41) is 1.50. The van der Waals surface area contributed by atoms with Gasteiger partial charge in [-0.2, -0.15) is 0 Å². The van der Waals surface area contributed by atoms with Gasteiger partial charge in [0.1, 0.15) is 5.76 Å². The molecule has 124 valence electrons. The second-order valence-corrected chi connectivity index (χ2v) is 6.72. The van der Waals surface area contributed by atoms with E-state index in [4.69, 9.17) is 4.42 Å². The number of benzene rings is 1. The number of hydrogen-bond acceptors (Lipinski definition) is 4. The van der Waals surface area contributed by atoms with Crippen molar-refractivity contribution in [2.45, 2.75) is 17.7 Å². The molecule has 0 bridgehead atoms. The summed E-state index contributed by atoms with van der Waals surface area (Å²) in [7, 11) is 0. The first kappa shape index (κ1) is 15.7. The molecule has 0 saturated heterocycles. The van der Waals surface area contributed by atoms with E-state index in [1.165, 1.54) is 0 Å². The van der Waals surface area contributed by atoms with Gasteiger partial charge < -0.3 is 8.98 Å². The molecule has 0 radical (unpaired) electrons. The molecule has 25 heavy (non-hydrogen) atoms. The molecule has 0 fully saturated rings. The van der Waals surface area contributed by atoms with Crippen LogP contribution in [0, 0.1) is 6.92 Å². The number of aromatic nitrogens is 2. The van der Waals surface area contributed by atoms with Crippen molar-refractivity contribution in [1.82, 2.24) is 9.55 Å². The lowest BCUT2D eigenvalue weighted by Gasteiger charge is -2.16. The van der Waals surface area contributed by atoms with E-state index in [2.05, 4.69) is 9.55 Å². The average Bonchev–Trinajstić information content (AvgIpc) is 3.14. The molecule has 0 amide bonds. The van der Waals surface area contributed by atoms with Crippen LogP contribution in [-0.4, -0.2) is 9.55 Å². The molecule has 0 saturated carbocycles. The zero-order valence-electron chi connectivity index (χ0n) is 13.7. The van der Waals surface area contributed by atoms with Gasteiger partial charge in [0.05, 0.1) is 27.9 Å². The topological polar surface area (TPSA) is 48.0 Å². The summed E-state index contributed by atoms with van der Waals surface area (Å²) in [6.07, 6.45) is 3.32. The SMILES string of the molecule is Cc1cc2c(cn1)c(=O)cc(SCc1ccco1)n2-c1ccccc1. The molecular weight excluding hydrogens is 332 g/mol. The predicted octanol–water partition coefficient (Wildman–Crippen LogP) is 4.58. The molecule has 0 spiro atoms. The minimum atomic E-state index is -0.0170. The second kappa shape index (κ2) is 6.61. The Morgan fingerprint density at radius 1 is 1.12 bits per heavy atom. The third kappa shape index (κ3) is 3.10. The van der Waals surface area contributed by atoms with Crippen LogP contribution in [0.3, 0.4) is 0 Å². The molecule has 3 heterocycles. The molecule has 4 rings (SSSR count). The number of hydrogen-bond donors (Lipinski definition) is 0. The van der Waals surface area contributed by atoms with Gasteiger partial charge in [-0.15, -0.1) is 0 Å². The van der Waals surface area contributed by atoms with Crippen molar-refractivity contribution in [3.05, 3.63) is 88.7 Å². The predicted molar refractivity (Wildman–Crippen MR) is 100 cm³/mol. The fraction of sp³-hybridized carbons (Fsp3) is 0.100. The van der Waals surface area contributed by atoms with Gasteiger partial charge in [-0.1, -0.05) is 30.0 Å². The van der Waals surface area contributed by atoms with Crippen molar-refractivity contribution >= 4 is 22.7 Å². The number of para-hydroxylation sites is 1. The Morgan fingerprint density at radius 2 is 1.96 bits per heavy atom. The molecule has 0 aliphatic carbocycles. The molecule has 0 atom stereocenters. The molecule has 3 aromatic heterocycles. The summed E-state index contributed by atoms with van der Waals surface area (Å²) in [5.74, 6) is 1.54. The average molecular weight is 348 g/mol. The lowest BCUT2D eigenvalue weighted by Crippen LogP contribution is -2.11. The minimum Gasteiger partial charge on any atom is -0.468 e. The third-order valence-corrected chi connectivity index (χ3v) is 4.98. The number of nitrogens with zero attached hydrogens (tertiary/aromatic N) is 2. The third-order valence-electron chi connectivity index (χ3n) is 3.96. The number of rotatable bonds is 4. The maximum absolute atomic E-state index is 12.6. The Morgan fingerprint density at radius 3 is 2.72 bits per heavy atom. The van der Waals surface area contributed by atoms with Crippen LogP contribution in [0.4, 0.5) is 0 Å². The van der Waals surface area contributed by atoms with Crippen molar-refractivity contribution in [3.8, 4) is 5.69 Å². The Balaban J connectivity index is 1.92. The zero-order chi connectivity index (χ0) is 17.2. The first-order valence-electron chi connectivity index (χ1n) is 7.95. The summed E-state index contributed by atoms with van der Waals surface area (Å²) >= 11 is 1.58. The normalized spacial score (nSPS) is 11.1. The number of thioether (sulfide) groups is 1. The number of fused-ring (bicyclic) bond motifs is 1. The Hall–Kier alpha value is -2.79. The number of aryl methyl sites for hydroxylation is 1. The van der Waals surface area contributed by atoms with Gasteiger partial charge in [-0.05, 0) is 37.3 Å². The van der Waals surface area contributed by atoms with Gasteiger partial charge in [0.2, 0.25) is 0 Å². The molecule has 4 nitrogen and oxygen atoms in total. The van der Waals surface area contributed by atoms with Gasteiger partial charge in [0.15, 0.2) is 5.43 Å². The van der Waals surface area contributed by atoms with Crippen LogP contribution in [0.5, 0.6) is 0 Å². The van der Waals surface area contributed by atoms with Crippen LogP contribution >= 0.6 is 11.8 Å². The van der Waals surface area contributed by atoms with E-state index < -0.39 is 0 Å². The quantitative estimate of drug-likeness (QED) is 0.507. The van der Waals surface area contributed by atoms with Crippen LogP contribution in [0.2, 0.25) is 0 Å². The van der Waals surface area contributed by atoms with E-state index in [0.29, 0.717) is 11.1 Å². The second-order valence-electron chi connectivity index (χ2n) is 5.73. The smallest absolute Gasteiger partial charge is 0.192 e. The molecule has 1 aromatic carbocycles. The van der Waals surface area contributed by atoms with Gasteiger partial charge in [-0.25, -0.2) is 0 Å². The molecule has 0 N–H and O–H groups in total. The highest BCUT2D eigenvalue weighted by Gasteiger charge is 2.13. The molecule has 0 unspecified atom stereocenters. The monoisotopic (exact) mass is 348 g/mol. The van der Waals surface area contributed by atoms with Gasteiger partial charge in [-0.3, -0.25) is 9.78 Å². The minimum absolute atomic E-state index is 0.0170. The maximum Gasteiger partial charge on any atom is 0.192 e. The highest BCUT2D eigenvalue weighted by atomic mass is 32.2. The summed E-state index contributed by atoms with van der Waals surface area (Å²) in [5.41, 5.74) is 2.74. The Kier molecular flexibility index (Phi) is 4.15. The van der Waals surface area contributed by atoms with Crippen molar-refractivity contribution in [2.24, 2.45) is 0 Å². The fourth-order valence-corrected chi connectivity index (χ4v) is 3.76. The number of furan rings is 1. The number of pyridine rings is 2. The summed E-state index contributed by atoms with van der Waals surface area (Å²) in [4.78, 5) is 16.8. The molecule has 0 aliphatic rings. The van der Waals surface area contributed by atoms with E-state index in [-0.39, 0.29) is 5.43 Å². The van der Waals surface area contributed by atoms with Crippen molar-refractivity contribution < 1.29 is 4.42 Å². The van der Waals surface area contributed by atoms with Crippen LogP contribution in [-0.2, 0) is 5.75 Å². The summed E-state index contributed by atoms with van der Waals surface area (Å²) in [6, 6.07) is 17.5. The highest BCUT2D eigenvalue weighted by molar-refractivity contribution is 7.98. The van der Waals surface area contributed by atoms with Gasteiger partial charge in [0.25, 0.3) is 0 Å². The molecule has 5 heteroatoms. The van der Waals surface area contributed by atoms with E-state index in [1.807, 2.05) is 55.5 Å². The summed E-state index contributed by atoms with van der Waals surface area (Å²) < 4.78 is 7.53. The van der Waals surface area contributed by atoms with Crippen LogP contribution in [0.25, 0.3) is 16.6 Å². The van der Waals surface area contributed by atoms with Crippen molar-refractivity contribution in [3.63, 3.8) is 0 Å².